The van der Waals surface area contributed by atoms with Crippen LogP contribution in [-0.4, -0.2) is 47.2 Å². The van der Waals surface area contributed by atoms with Crippen molar-refractivity contribution in [2.24, 2.45) is 0 Å². The van der Waals surface area contributed by atoms with Gasteiger partial charge in [-0.25, -0.2) is 0 Å². The van der Waals surface area contributed by atoms with E-state index in [2.05, 4.69) is 0 Å². The fourth-order valence-electron chi connectivity index (χ4n) is 1.02. The molecule has 0 aliphatic carbocycles. The average Bonchev–Trinajstić information content (AvgIpc) is 2.35. The van der Waals surface area contributed by atoms with E-state index in [-0.39, 0.29) is 12.2 Å². The van der Waals surface area contributed by atoms with Gasteiger partial charge >= 0.3 is 0 Å². The summed E-state index contributed by atoms with van der Waals surface area (Å²) in [4.78, 5) is 5.06. The molecule has 4 heteroatoms. The van der Waals surface area contributed by atoms with E-state index in [1.807, 2.05) is 6.92 Å². The fraction of sp³-hybridized carbons (Fsp3) is 1.00. The lowest BCUT2D eigenvalue weighted by molar-refractivity contribution is -0.128. The molecule has 1 aliphatic heterocycles. The Kier molecular flexibility index (Phi) is 3.26. The topological polar surface area (TPSA) is 52.9 Å². The Morgan fingerprint density at radius 2 is 2.45 bits per heavy atom. The van der Waals surface area contributed by atoms with E-state index in [1.165, 1.54) is 0 Å². The molecule has 1 rings (SSSR count). The van der Waals surface area contributed by atoms with Crippen molar-refractivity contribution in [3.05, 3.63) is 0 Å². The van der Waals surface area contributed by atoms with E-state index in [0.29, 0.717) is 19.7 Å². The van der Waals surface area contributed by atoms with Gasteiger partial charge in [0.25, 0.3) is 0 Å². The quantitative estimate of drug-likeness (QED) is 0.578. The third-order valence-electron chi connectivity index (χ3n) is 1.75. The molecule has 0 aromatic rings. The van der Waals surface area contributed by atoms with Crippen molar-refractivity contribution in [2.75, 3.05) is 19.7 Å². The molecule has 1 fully saturated rings. The molecule has 0 aromatic carbocycles. The first kappa shape index (κ1) is 8.93. The Morgan fingerprint density at radius 1 is 1.73 bits per heavy atom. The van der Waals surface area contributed by atoms with Gasteiger partial charge in [-0.3, -0.25) is 4.84 Å². The molecule has 11 heavy (non-hydrogen) atoms. The number of hydrogen-bond donors (Lipinski definition) is 2. The Bertz CT molecular complexity index is 120. The Balaban J connectivity index is 2.17. The Morgan fingerprint density at radius 3 is 2.91 bits per heavy atom. The summed E-state index contributed by atoms with van der Waals surface area (Å²) in [6, 6.07) is 0. The number of hydrogen-bond acceptors (Lipinski definition) is 4. The van der Waals surface area contributed by atoms with E-state index >= 15 is 0 Å². The summed E-state index contributed by atoms with van der Waals surface area (Å²) in [7, 11) is 0. The molecule has 1 aliphatic rings. The highest BCUT2D eigenvalue weighted by atomic mass is 16.7. The Hall–Kier alpha value is -0.160. The number of nitrogens with zero attached hydrogens (tertiary/aromatic N) is 1. The zero-order valence-electron chi connectivity index (χ0n) is 6.73. The summed E-state index contributed by atoms with van der Waals surface area (Å²) in [5.74, 6) is 0. The summed E-state index contributed by atoms with van der Waals surface area (Å²) < 4.78 is 0. The van der Waals surface area contributed by atoms with Crippen LogP contribution in [0.15, 0.2) is 0 Å². The van der Waals surface area contributed by atoms with Crippen LogP contribution in [-0.2, 0) is 4.84 Å². The van der Waals surface area contributed by atoms with Gasteiger partial charge in [-0.2, -0.15) is 5.06 Å². The maximum atomic E-state index is 9.20. The van der Waals surface area contributed by atoms with Crippen molar-refractivity contribution in [2.45, 2.75) is 25.6 Å². The molecule has 1 heterocycles. The highest BCUT2D eigenvalue weighted by molar-refractivity contribution is 4.66. The van der Waals surface area contributed by atoms with E-state index in [4.69, 9.17) is 9.94 Å². The van der Waals surface area contributed by atoms with Crippen molar-refractivity contribution in [1.29, 1.82) is 0 Å². The number of rotatable bonds is 3. The molecule has 2 N–H and O–H groups in total. The number of aliphatic hydroxyl groups excluding tert-OH is 2. The molecule has 2 atom stereocenters. The summed E-state index contributed by atoms with van der Waals surface area (Å²) in [5.41, 5.74) is 0. The number of aliphatic hydroxyl groups is 2. The monoisotopic (exact) mass is 161 g/mol. The van der Waals surface area contributed by atoms with Gasteiger partial charge in [-0.15, -0.1) is 0 Å². The SMILES string of the molecule is CCC(O)CN1C[C@@H](O)CO1. The van der Waals surface area contributed by atoms with Crippen LogP contribution in [0.3, 0.4) is 0 Å². The van der Waals surface area contributed by atoms with Crippen molar-refractivity contribution in [3.63, 3.8) is 0 Å². The first-order valence-electron chi connectivity index (χ1n) is 3.96. The molecule has 0 amide bonds. The smallest absolute Gasteiger partial charge is 0.0958 e. The average molecular weight is 161 g/mol. The largest absolute Gasteiger partial charge is 0.392 e. The van der Waals surface area contributed by atoms with Gasteiger partial charge < -0.3 is 10.2 Å². The van der Waals surface area contributed by atoms with Crippen molar-refractivity contribution >= 4 is 0 Å². The highest BCUT2D eigenvalue weighted by Crippen LogP contribution is 2.06. The normalized spacial score (nSPS) is 29.2. The van der Waals surface area contributed by atoms with Gasteiger partial charge in [0.2, 0.25) is 0 Å². The van der Waals surface area contributed by atoms with Gasteiger partial charge in [0.15, 0.2) is 0 Å². The van der Waals surface area contributed by atoms with Crippen LogP contribution >= 0.6 is 0 Å². The van der Waals surface area contributed by atoms with Gasteiger partial charge in [0.05, 0.1) is 31.9 Å². The summed E-state index contributed by atoms with van der Waals surface area (Å²) in [5, 5.41) is 19.8. The first-order valence-corrected chi connectivity index (χ1v) is 3.96. The van der Waals surface area contributed by atoms with Gasteiger partial charge in [-0.1, -0.05) is 6.92 Å². The molecule has 0 radical (unpaired) electrons. The number of hydroxylamine groups is 2. The van der Waals surface area contributed by atoms with Crippen LogP contribution in [0.25, 0.3) is 0 Å². The lowest BCUT2D eigenvalue weighted by atomic mass is 10.3. The molecule has 4 nitrogen and oxygen atoms in total. The van der Waals surface area contributed by atoms with Crippen molar-refractivity contribution < 1.29 is 15.1 Å². The van der Waals surface area contributed by atoms with Crippen LogP contribution in [0.1, 0.15) is 13.3 Å². The summed E-state index contributed by atoms with van der Waals surface area (Å²) >= 11 is 0. The molecule has 1 saturated heterocycles. The van der Waals surface area contributed by atoms with Crippen LogP contribution < -0.4 is 0 Å². The minimum atomic E-state index is -0.390. The van der Waals surface area contributed by atoms with Crippen molar-refractivity contribution in [3.8, 4) is 0 Å². The third kappa shape index (κ3) is 2.75. The van der Waals surface area contributed by atoms with Crippen LogP contribution in [0.2, 0.25) is 0 Å². The second-order valence-corrected chi connectivity index (χ2v) is 2.86. The van der Waals surface area contributed by atoms with Crippen LogP contribution in [0.4, 0.5) is 0 Å². The van der Waals surface area contributed by atoms with E-state index in [1.54, 1.807) is 5.06 Å². The summed E-state index contributed by atoms with van der Waals surface area (Å²) in [6.07, 6.45) is -0.0185. The zero-order chi connectivity index (χ0) is 8.27. The van der Waals surface area contributed by atoms with Gasteiger partial charge in [-0.05, 0) is 6.42 Å². The highest BCUT2D eigenvalue weighted by Gasteiger charge is 2.22. The van der Waals surface area contributed by atoms with Crippen LogP contribution in [0, 0.1) is 0 Å². The lowest BCUT2D eigenvalue weighted by Crippen LogP contribution is -2.29. The number of β-amino-alcohol motifs (C(OH)–C–C–N with tert-alkyl or cyclic N) is 2. The fourth-order valence-corrected chi connectivity index (χ4v) is 1.02. The van der Waals surface area contributed by atoms with Gasteiger partial charge in [0, 0.05) is 0 Å². The van der Waals surface area contributed by atoms with Crippen LogP contribution in [0.5, 0.6) is 0 Å². The second kappa shape index (κ2) is 4.01. The maximum absolute atomic E-state index is 9.20. The molecule has 66 valence electrons. The predicted molar refractivity (Wildman–Crippen MR) is 39.8 cm³/mol. The standard InChI is InChI=1S/C7H15NO3/c1-2-6(9)3-8-4-7(10)5-11-8/h6-7,9-10H,2-5H2,1H3/t6?,7-/m1/s1. The lowest BCUT2D eigenvalue weighted by Gasteiger charge is -2.16. The summed E-state index contributed by atoms with van der Waals surface area (Å²) in [6.45, 7) is 3.28. The molecular weight excluding hydrogens is 146 g/mol. The van der Waals surface area contributed by atoms with Gasteiger partial charge in [0.1, 0.15) is 0 Å². The predicted octanol–water partition coefficient (Wildman–Crippen LogP) is -0.635. The molecule has 0 saturated carbocycles. The Labute approximate surface area is 66.3 Å². The maximum Gasteiger partial charge on any atom is 0.0958 e. The minimum absolute atomic E-state index is 0.347. The molecule has 1 unspecified atom stereocenters. The van der Waals surface area contributed by atoms with E-state index in [9.17, 15) is 5.11 Å². The van der Waals surface area contributed by atoms with Crippen molar-refractivity contribution in [1.82, 2.24) is 5.06 Å². The first-order chi connectivity index (χ1) is 5.22. The molecule has 0 spiro atoms. The zero-order valence-corrected chi connectivity index (χ0v) is 6.73. The minimum Gasteiger partial charge on any atom is -0.392 e. The van der Waals surface area contributed by atoms with E-state index < -0.39 is 0 Å². The molecular formula is C7H15NO3. The second-order valence-electron chi connectivity index (χ2n) is 2.86. The molecule has 0 bridgehead atoms. The van der Waals surface area contributed by atoms with E-state index in [0.717, 1.165) is 6.42 Å². The molecule has 0 aromatic heterocycles. The third-order valence-corrected chi connectivity index (χ3v) is 1.75.